The van der Waals surface area contributed by atoms with Gasteiger partial charge in [-0.05, 0) is 19.8 Å². The minimum Gasteiger partial charge on any atom is -0.370 e. The summed E-state index contributed by atoms with van der Waals surface area (Å²) in [7, 11) is -4.67. The first kappa shape index (κ1) is 16.3. The number of guanidine groups is 1. The molecule has 0 aromatic carbocycles. The van der Waals surface area contributed by atoms with E-state index in [1.807, 2.05) is 13.0 Å². The highest BCUT2D eigenvalue weighted by atomic mass is 32.3. The van der Waals surface area contributed by atoms with Crippen molar-refractivity contribution in [3.63, 3.8) is 0 Å². The van der Waals surface area contributed by atoms with Crippen LogP contribution in [0.5, 0.6) is 0 Å². The Hall–Kier alpha value is -1.12. The summed E-state index contributed by atoms with van der Waals surface area (Å²) in [6.07, 6.45) is 6.20. The van der Waals surface area contributed by atoms with E-state index in [-0.39, 0.29) is 5.96 Å². The average molecular weight is 239 g/mol. The first-order chi connectivity index (χ1) is 6.77. The molecule has 90 valence electrons. The van der Waals surface area contributed by atoms with Crippen molar-refractivity contribution >= 4 is 16.4 Å². The van der Waals surface area contributed by atoms with Gasteiger partial charge in [0.05, 0.1) is 0 Å². The number of nitrogens with two attached hydrogens (primary N) is 1. The van der Waals surface area contributed by atoms with Crippen LogP contribution in [0, 0.1) is 5.41 Å². The zero-order valence-electron chi connectivity index (χ0n) is 8.47. The van der Waals surface area contributed by atoms with Gasteiger partial charge in [-0.1, -0.05) is 12.2 Å². The van der Waals surface area contributed by atoms with Gasteiger partial charge in [-0.15, -0.1) is 0 Å². The lowest BCUT2D eigenvalue weighted by molar-refractivity contribution is 0.381. The van der Waals surface area contributed by atoms with Gasteiger partial charge < -0.3 is 11.1 Å². The van der Waals surface area contributed by atoms with Crippen molar-refractivity contribution < 1.29 is 17.5 Å². The standard InChI is InChI=1S/C7H15N3.H2O4S/c1-2-3-4-5-6-10-7(8)9;1-5(2,3)4/h2-3H,4-6H2,1H3,(H4,8,9,10);(H2,1,2,3,4). The molecule has 0 amide bonds. The molecular formula is C7H17N3O4S. The van der Waals surface area contributed by atoms with Gasteiger partial charge in [-0.2, -0.15) is 8.42 Å². The summed E-state index contributed by atoms with van der Waals surface area (Å²) in [4.78, 5) is 0. The molecule has 15 heavy (non-hydrogen) atoms. The Morgan fingerprint density at radius 3 is 2.33 bits per heavy atom. The zero-order chi connectivity index (χ0) is 12.3. The van der Waals surface area contributed by atoms with E-state index < -0.39 is 10.4 Å². The van der Waals surface area contributed by atoms with E-state index in [4.69, 9.17) is 28.7 Å². The van der Waals surface area contributed by atoms with Crippen LogP contribution in [0.2, 0.25) is 0 Å². The molecule has 0 spiro atoms. The summed E-state index contributed by atoms with van der Waals surface area (Å²) in [5, 5.41) is 9.55. The number of hydrogen-bond donors (Lipinski definition) is 5. The Bertz CT molecular complexity index is 279. The van der Waals surface area contributed by atoms with Crippen LogP contribution in [0.4, 0.5) is 0 Å². The topological polar surface area (TPSA) is 136 Å². The predicted molar refractivity (Wildman–Crippen MR) is 58.1 cm³/mol. The van der Waals surface area contributed by atoms with E-state index in [9.17, 15) is 0 Å². The fourth-order valence-electron chi connectivity index (χ4n) is 0.610. The molecule has 0 aromatic heterocycles. The molecule has 0 atom stereocenters. The van der Waals surface area contributed by atoms with Gasteiger partial charge in [-0.25, -0.2) is 0 Å². The van der Waals surface area contributed by atoms with Crippen molar-refractivity contribution in [1.82, 2.24) is 5.32 Å². The number of rotatable bonds is 4. The third-order valence-corrected chi connectivity index (χ3v) is 1.10. The third-order valence-electron chi connectivity index (χ3n) is 1.10. The van der Waals surface area contributed by atoms with Crippen molar-refractivity contribution in [3.8, 4) is 0 Å². The maximum Gasteiger partial charge on any atom is 0.394 e. The van der Waals surface area contributed by atoms with Crippen LogP contribution < -0.4 is 11.1 Å². The molecule has 0 aliphatic rings. The molecule has 0 aliphatic heterocycles. The molecular weight excluding hydrogens is 222 g/mol. The van der Waals surface area contributed by atoms with E-state index in [1.54, 1.807) is 0 Å². The second kappa shape index (κ2) is 9.44. The molecule has 0 radical (unpaired) electrons. The van der Waals surface area contributed by atoms with Gasteiger partial charge in [0.25, 0.3) is 0 Å². The van der Waals surface area contributed by atoms with Crippen LogP contribution >= 0.6 is 0 Å². The third kappa shape index (κ3) is 44.1. The van der Waals surface area contributed by atoms with Crippen molar-refractivity contribution in [2.75, 3.05) is 6.54 Å². The van der Waals surface area contributed by atoms with E-state index in [0.29, 0.717) is 0 Å². The van der Waals surface area contributed by atoms with Crippen molar-refractivity contribution in [2.24, 2.45) is 5.73 Å². The van der Waals surface area contributed by atoms with Crippen LogP contribution in [0.25, 0.3) is 0 Å². The average Bonchev–Trinajstić information content (AvgIpc) is 2.00. The maximum atomic E-state index is 8.74. The SMILES string of the molecule is CC=CCCCNC(=N)N.O=S(=O)(O)O. The fraction of sp³-hybridized carbons (Fsp3) is 0.571. The minimum atomic E-state index is -4.67. The first-order valence-electron chi connectivity index (χ1n) is 4.16. The summed E-state index contributed by atoms with van der Waals surface area (Å²) in [5.41, 5.74) is 5.06. The van der Waals surface area contributed by atoms with Crippen molar-refractivity contribution in [3.05, 3.63) is 12.2 Å². The Labute approximate surface area is 89.5 Å². The Balaban J connectivity index is 0. The number of nitrogens with one attached hydrogen (secondary N) is 2. The Morgan fingerprint density at radius 1 is 1.53 bits per heavy atom. The molecule has 0 heterocycles. The Morgan fingerprint density at radius 2 is 2.00 bits per heavy atom. The lowest BCUT2D eigenvalue weighted by Gasteiger charge is -1.99. The molecule has 0 bridgehead atoms. The molecule has 0 saturated heterocycles. The summed E-state index contributed by atoms with van der Waals surface area (Å²) >= 11 is 0. The highest BCUT2D eigenvalue weighted by Crippen LogP contribution is 1.87. The fourth-order valence-corrected chi connectivity index (χ4v) is 0.610. The molecule has 0 saturated carbocycles. The van der Waals surface area contributed by atoms with Crippen LogP contribution in [0.1, 0.15) is 19.8 Å². The summed E-state index contributed by atoms with van der Waals surface area (Å²) < 4.78 is 31.6. The van der Waals surface area contributed by atoms with Crippen LogP contribution in [-0.4, -0.2) is 30.0 Å². The van der Waals surface area contributed by atoms with E-state index >= 15 is 0 Å². The van der Waals surface area contributed by atoms with Crippen molar-refractivity contribution in [1.29, 1.82) is 5.41 Å². The molecule has 0 rings (SSSR count). The first-order valence-corrected chi connectivity index (χ1v) is 5.56. The van der Waals surface area contributed by atoms with Gasteiger partial charge in [0.15, 0.2) is 5.96 Å². The lowest BCUT2D eigenvalue weighted by atomic mass is 10.3. The molecule has 6 N–H and O–H groups in total. The normalized spacial score (nSPS) is 10.6. The summed E-state index contributed by atoms with van der Waals surface area (Å²) in [5.74, 6) is 0.0560. The highest BCUT2D eigenvalue weighted by molar-refractivity contribution is 7.79. The van der Waals surface area contributed by atoms with Gasteiger partial charge in [0.2, 0.25) is 0 Å². The zero-order valence-corrected chi connectivity index (χ0v) is 9.29. The van der Waals surface area contributed by atoms with Gasteiger partial charge >= 0.3 is 10.4 Å². The highest BCUT2D eigenvalue weighted by Gasteiger charge is 1.85. The Kier molecular flexibility index (Phi) is 10.3. The predicted octanol–water partition coefficient (Wildman–Crippen LogP) is 0.173. The van der Waals surface area contributed by atoms with Crippen LogP contribution in [0.15, 0.2) is 12.2 Å². The molecule has 0 aliphatic carbocycles. The van der Waals surface area contributed by atoms with E-state index in [1.165, 1.54) is 0 Å². The minimum absolute atomic E-state index is 0.0560. The molecule has 0 fully saturated rings. The van der Waals surface area contributed by atoms with Crippen LogP contribution in [0.3, 0.4) is 0 Å². The number of allylic oxidation sites excluding steroid dienone is 2. The summed E-state index contributed by atoms with van der Waals surface area (Å²) in [6, 6.07) is 0. The maximum absolute atomic E-state index is 8.74. The molecule has 7 nitrogen and oxygen atoms in total. The quantitative estimate of drug-likeness (QED) is 0.156. The number of hydrogen-bond acceptors (Lipinski definition) is 3. The molecule has 8 heteroatoms. The van der Waals surface area contributed by atoms with Crippen LogP contribution in [-0.2, 0) is 10.4 Å². The van der Waals surface area contributed by atoms with E-state index in [0.717, 1.165) is 19.4 Å². The molecule has 0 unspecified atom stereocenters. The largest absolute Gasteiger partial charge is 0.394 e. The number of unbranched alkanes of at least 4 members (excludes halogenated alkanes) is 1. The van der Waals surface area contributed by atoms with Gasteiger partial charge in [0, 0.05) is 6.54 Å². The molecule has 0 aromatic rings. The van der Waals surface area contributed by atoms with E-state index in [2.05, 4.69) is 11.4 Å². The summed E-state index contributed by atoms with van der Waals surface area (Å²) in [6.45, 7) is 2.79. The second-order valence-corrected chi connectivity index (χ2v) is 3.40. The van der Waals surface area contributed by atoms with Gasteiger partial charge in [-0.3, -0.25) is 14.5 Å². The van der Waals surface area contributed by atoms with Gasteiger partial charge in [0.1, 0.15) is 0 Å². The lowest BCUT2D eigenvalue weighted by Crippen LogP contribution is -2.30. The van der Waals surface area contributed by atoms with Crippen molar-refractivity contribution in [2.45, 2.75) is 19.8 Å². The smallest absolute Gasteiger partial charge is 0.370 e. The monoisotopic (exact) mass is 239 g/mol. The second-order valence-electron chi connectivity index (χ2n) is 2.50.